The van der Waals surface area contributed by atoms with Gasteiger partial charge in [0.2, 0.25) is 5.91 Å². The zero-order valence-electron chi connectivity index (χ0n) is 7.12. The first-order valence-electron chi connectivity index (χ1n) is 4.35. The Morgan fingerprint density at radius 3 is 3.25 bits per heavy atom. The van der Waals surface area contributed by atoms with E-state index in [2.05, 4.69) is 11.9 Å². The highest BCUT2D eigenvalue weighted by atomic mass is 32.2. The van der Waals surface area contributed by atoms with Crippen molar-refractivity contribution >= 4 is 22.8 Å². The van der Waals surface area contributed by atoms with Crippen LogP contribution in [-0.2, 0) is 4.79 Å². The minimum atomic E-state index is 0.141. The van der Waals surface area contributed by atoms with Crippen molar-refractivity contribution in [3.63, 3.8) is 0 Å². The van der Waals surface area contributed by atoms with Gasteiger partial charge in [0, 0.05) is 13.1 Å². The van der Waals surface area contributed by atoms with Gasteiger partial charge in [-0.1, -0.05) is 18.7 Å². The molecule has 1 fully saturated rings. The minimum absolute atomic E-state index is 0.141. The summed E-state index contributed by atoms with van der Waals surface area (Å²) < 4.78 is 0. The molecule has 2 aliphatic rings. The first-order valence-corrected chi connectivity index (χ1v) is 5.23. The molecule has 0 bridgehead atoms. The van der Waals surface area contributed by atoms with E-state index in [9.17, 15) is 4.79 Å². The third kappa shape index (κ3) is 1.14. The predicted molar refractivity (Wildman–Crippen MR) is 50.3 cm³/mol. The van der Waals surface area contributed by atoms with Crippen LogP contribution in [0, 0.1) is 0 Å². The molecule has 66 valence electrons. The smallest absolute Gasteiger partial charge is 0.242 e. The SMILES string of the molecule is CCC1SC2=NCCCN2C1=O. The molecule has 0 aliphatic carbocycles. The second-order valence-electron chi connectivity index (χ2n) is 3.02. The van der Waals surface area contributed by atoms with Gasteiger partial charge in [-0.2, -0.15) is 0 Å². The molecular formula is C8H12N2OS. The second kappa shape index (κ2) is 3.09. The summed E-state index contributed by atoms with van der Waals surface area (Å²) in [5.74, 6) is 0.265. The largest absolute Gasteiger partial charge is 0.291 e. The van der Waals surface area contributed by atoms with Gasteiger partial charge in [-0.15, -0.1) is 0 Å². The van der Waals surface area contributed by atoms with Crippen LogP contribution >= 0.6 is 11.8 Å². The zero-order valence-corrected chi connectivity index (χ0v) is 7.93. The molecule has 0 radical (unpaired) electrons. The summed E-state index contributed by atoms with van der Waals surface area (Å²) >= 11 is 1.63. The van der Waals surface area contributed by atoms with Crippen molar-refractivity contribution in [2.75, 3.05) is 13.1 Å². The standard InChI is InChI=1S/C8H12N2OS/c1-2-6-7(11)10-5-3-4-9-8(10)12-6/h6H,2-5H2,1H3. The Morgan fingerprint density at radius 1 is 1.75 bits per heavy atom. The molecule has 4 heteroatoms. The van der Waals surface area contributed by atoms with Crippen molar-refractivity contribution in [3.8, 4) is 0 Å². The van der Waals surface area contributed by atoms with Crippen molar-refractivity contribution in [3.05, 3.63) is 0 Å². The normalized spacial score (nSPS) is 28.8. The van der Waals surface area contributed by atoms with E-state index < -0.39 is 0 Å². The van der Waals surface area contributed by atoms with Gasteiger partial charge in [0.1, 0.15) is 0 Å². The topological polar surface area (TPSA) is 32.7 Å². The quantitative estimate of drug-likeness (QED) is 0.611. The van der Waals surface area contributed by atoms with E-state index in [0.29, 0.717) is 0 Å². The fourth-order valence-electron chi connectivity index (χ4n) is 1.50. The number of nitrogens with zero attached hydrogens (tertiary/aromatic N) is 2. The van der Waals surface area contributed by atoms with E-state index in [0.717, 1.165) is 31.1 Å². The number of hydrogen-bond donors (Lipinski definition) is 0. The van der Waals surface area contributed by atoms with Gasteiger partial charge in [0.15, 0.2) is 5.17 Å². The van der Waals surface area contributed by atoms with Crippen LogP contribution in [0.4, 0.5) is 0 Å². The van der Waals surface area contributed by atoms with Gasteiger partial charge in [0.05, 0.1) is 5.25 Å². The molecule has 1 saturated heterocycles. The van der Waals surface area contributed by atoms with Crippen LogP contribution in [-0.4, -0.2) is 34.3 Å². The number of fused-ring (bicyclic) bond motifs is 1. The summed E-state index contributed by atoms with van der Waals surface area (Å²) in [7, 11) is 0. The molecule has 0 spiro atoms. The molecule has 2 heterocycles. The Kier molecular flexibility index (Phi) is 2.09. The number of rotatable bonds is 1. The Labute approximate surface area is 76.2 Å². The number of carbonyl (C=O) groups excluding carboxylic acids is 1. The third-order valence-electron chi connectivity index (χ3n) is 2.18. The Hall–Kier alpha value is -0.510. The monoisotopic (exact) mass is 184 g/mol. The van der Waals surface area contributed by atoms with Gasteiger partial charge in [-0.3, -0.25) is 14.7 Å². The molecule has 0 N–H and O–H groups in total. The number of hydrogen-bond acceptors (Lipinski definition) is 3. The van der Waals surface area contributed by atoms with E-state index >= 15 is 0 Å². The summed E-state index contributed by atoms with van der Waals surface area (Å²) in [5, 5.41) is 1.10. The average molecular weight is 184 g/mol. The molecule has 0 aromatic heterocycles. The summed E-state index contributed by atoms with van der Waals surface area (Å²) in [4.78, 5) is 17.8. The molecule has 1 amide bonds. The summed E-state index contributed by atoms with van der Waals surface area (Å²) in [6.45, 7) is 3.82. The van der Waals surface area contributed by atoms with Crippen LogP contribution < -0.4 is 0 Å². The number of aliphatic imine (C=N–C) groups is 1. The number of amidine groups is 1. The van der Waals surface area contributed by atoms with E-state index in [-0.39, 0.29) is 11.2 Å². The summed E-state index contributed by atoms with van der Waals surface area (Å²) in [5.41, 5.74) is 0. The number of amides is 1. The first-order chi connectivity index (χ1) is 5.83. The fraction of sp³-hybridized carbons (Fsp3) is 0.750. The molecule has 2 rings (SSSR count). The highest BCUT2D eigenvalue weighted by molar-refractivity contribution is 8.15. The minimum Gasteiger partial charge on any atom is -0.291 e. The maximum Gasteiger partial charge on any atom is 0.242 e. The fourth-order valence-corrected chi connectivity index (χ4v) is 2.62. The molecule has 12 heavy (non-hydrogen) atoms. The lowest BCUT2D eigenvalue weighted by molar-refractivity contribution is -0.126. The van der Waals surface area contributed by atoms with Gasteiger partial charge >= 0.3 is 0 Å². The summed E-state index contributed by atoms with van der Waals surface area (Å²) in [6, 6.07) is 0. The molecule has 1 unspecified atom stereocenters. The predicted octanol–water partition coefficient (Wildman–Crippen LogP) is 1.10. The van der Waals surface area contributed by atoms with Gasteiger partial charge < -0.3 is 0 Å². The first kappa shape index (κ1) is 8.10. The van der Waals surface area contributed by atoms with Crippen molar-refractivity contribution in [1.29, 1.82) is 0 Å². The van der Waals surface area contributed by atoms with Crippen LogP contribution in [0.2, 0.25) is 0 Å². The highest BCUT2D eigenvalue weighted by Gasteiger charge is 2.37. The molecule has 0 aromatic rings. The van der Waals surface area contributed by atoms with Crippen LogP contribution in [0.5, 0.6) is 0 Å². The zero-order chi connectivity index (χ0) is 8.55. The lowest BCUT2D eigenvalue weighted by atomic mass is 10.3. The molecule has 0 saturated carbocycles. The molecule has 1 atom stereocenters. The van der Waals surface area contributed by atoms with Crippen molar-refractivity contribution in [2.45, 2.75) is 25.0 Å². The van der Waals surface area contributed by atoms with Crippen LogP contribution in [0.3, 0.4) is 0 Å². The molecular weight excluding hydrogens is 172 g/mol. The van der Waals surface area contributed by atoms with Crippen molar-refractivity contribution in [1.82, 2.24) is 4.90 Å². The van der Waals surface area contributed by atoms with Crippen LogP contribution in [0.1, 0.15) is 19.8 Å². The maximum absolute atomic E-state index is 11.6. The van der Waals surface area contributed by atoms with E-state index in [1.165, 1.54) is 0 Å². The van der Waals surface area contributed by atoms with E-state index in [1.54, 1.807) is 11.8 Å². The van der Waals surface area contributed by atoms with Crippen molar-refractivity contribution in [2.24, 2.45) is 4.99 Å². The lowest BCUT2D eigenvalue weighted by Gasteiger charge is -2.19. The number of thioether (sulfide) groups is 1. The van der Waals surface area contributed by atoms with E-state index in [1.807, 2.05) is 4.90 Å². The number of carbonyl (C=O) groups is 1. The molecule has 2 aliphatic heterocycles. The van der Waals surface area contributed by atoms with Crippen LogP contribution in [0.15, 0.2) is 4.99 Å². The van der Waals surface area contributed by atoms with Crippen LogP contribution in [0.25, 0.3) is 0 Å². The lowest BCUT2D eigenvalue weighted by Crippen LogP contribution is -2.35. The Bertz CT molecular complexity index is 239. The van der Waals surface area contributed by atoms with Crippen molar-refractivity contribution < 1.29 is 4.79 Å². The highest BCUT2D eigenvalue weighted by Crippen LogP contribution is 2.30. The van der Waals surface area contributed by atoms with Gasteiger partial charge in [-0.25, -0.2) is 0 Å². The second-order valence-corrected chi connectivity index (χ2v) is 4.19. The Morgan fingerprint density at radius 2 is 2.58 bits per heavy atom. The Balaban J connectivity index is 2.20. The third-order valence-corrected chi connectivity index (χ3v) is 3.56. The van der Waals surface area contributed by atoms with Gasteiger partial charge in [-0.05, 0) is 12.8 Å². The molecule has 0 aromatic carbocycles. The average Bonchev–Trinajstić information content (AvgIpc) is 2.44. The summed E-state index contributed by atoms with van der Waals surface area (Å²) in [6.07, 6.45) is 1.94. The van der Waals surface area contributed by atoms with Gasteiger partial charge in [0.25, 0.3) is 0 Å². The maximum atomic E-state index is 11.6. The molecule has 3 nitrogen and oxygen atoms in total. The van der Waals surface area contributed by atoms with E-state index in [4.69, 9.17) is 0 Å².